The molecule has 1 aliphatic carbocycles. The van der Waals surface area contributed by atoms with Gasteiger partial charge in [-0.25, -0.2) is 4.39 Å². The third-order valence-electron chi connectivity index (χ3n) is 4.59. The molecule has 3 N–H and O–H groups in total. The van der Waals surface area contributed by atoms with Crippen LogP contribution in [0, 0.1) is 11.7 Å². The zero-order chi connectivity index (χ0) is 15.6. The van der Waals surface area contributed by atoms with Crippen LogP contribution < -0.4 is 11.1 Å². The van der Waals surface area contributed by atoms with Crippen molar-refractivity contribution in [2.24, 2.45) is 11.7 Å². The second kappa shape index (κ2) is 6.05. The number of halogens is 1. The standard InChI is InChI=1S/C18H22FN3/c1-21-17-12-15(4-5-16(17)19)18(20,9-6-13-2-3-13)14-7-10-22-11-8-14/h4-5,7-8,10-13,21H,2-3,6,9,20H2,1H3. The Balaban J connectivity index is 2.00. The van der Waals surface area contributed by atoms with Crippen molar-refractivity contribution in [2.75, 3.05) is 12.4 Å². The average Bonchev–Trinajstić information content (AvgIpc) is 3.38. The van der Waals surface area contributed by atoms with Crippen molar-refractivity contribution in [1.29, 1.82) is 0 Å². The lowest BCUT2D eigenvalue weighted by molar-refractivity contribution is 0.454. The Kier molecular flexibility index (Phi) is 4.12. The average molecular weight is 299 g/mol. The molecule has 1 heterocycles. The molecule has 1 fully saturated rings. The van der Waals surface area contributed by atoms with Crippen LogP contribution in [0.5, 0.6) is 0 Å². The first-order valence-electron chi connectivity index (χ1n) is 7.80. The van der Waals surface area contributed by atoms with Gasteiger partial charge in [0.2, 0.25) is 0 Å². The van der Waals surface area contributed by atoms with Crippen molar-refractivity contribution >= 4 is 5.69 Å². The van der Waals surface area contributed by atoms with Crippen LogP contribution in [0.2, 0.25) is 0 Å². The number of rotatable bonds is 6. The summed E-state index contributed by atoms with van der Waals surface area (Å²) in [6.07, 6.45) is 8.09. The van der Waals surface area contributed by atoms with Gasteiger partial charge in [-0.2, -0.15) is 0 Å². The molecule has 1 atom stereocenters. The van der Waals surface area contributed by atoms with Gasteiger partial charge in [-0.15, -0.1) is 0 Å². The van der Waals surface area contributed by atoms with Crippen LogP contribution in [0.1, 0.15) is 36.8 Å². The fraction of sp³-hybridized carbons (Fsp3) is 0.389. The number of benzene rings is 1. The number of nitrogens with one attached hydrogen (secondary N) is 1. The Morgan fingerprint density at radius 2 is 1.95 bits per heavy atom. The predicted molar refractivity (Wildman–Crippen MR) is 87.1 cm³/mol. The van der Waals surface area contributed by atoms with Crippen molar-refractivity contribution < 1.29 is 4.39 Å². The minimum Gasteiger partial charge on any atom is -0.386 e. The lowest BCUT2D eigenvalue weighted by atomic mass is 9.79. The van der Waals surface area contributed by atoms with E-state index in [9.17, 15) is 4.39 Å². The van der Waals surface area contributed by atoms with Gasteiger partial charge in [0.05, 0.1) is 11.2 Å². The third-order valence-corrected chi connectivity index (χ3v) is 4.59. The molecular weight excluding hydrogens is 277 g/mol. The summed E-state index contributed by atoms with van der Waals surface area (Å²) in [7, 11) is 1.72. The Labute approximate surface area is 130 Å². The van der Waals surface area contributed by atoms with Gasteiger partial charge in [0.25, 0.3) is 0 Å². The topological polar surface area (TPSA) is 50.9 Å². The Morgan fingerprint density at radius 3 is 2.59 bits per heavy atom. The number of aromatic nitrogens is 1. The minimum atomic E-state index is -0.606. The maximum Gasteiger partial charge on any atom is 0.146 e. The molecule has 0 radical (unpaired) electrons. The van der Waals surface area contributed by atoms with Crippen molar-refractivity contribution in [1.82, 2.24) is 4.98 Å². The van der Waals surface area contributed by atoms with Crippen LogP contribution in [0.4, 0.5) is 10.1 Å². The fourth-order valence-electron chi connectivity index (χ4n) is 2.94. The second-order valence-corrected chi connectivity index (χ2v) is 6.13. The van der Waals surface area contributed by atoms with Gasteiger partial charge in [-0.05, 0) is 54.2 Å². The molecule has 0 aliphatic heterocycles. The first kappa shape index (κ1) is 15.0. The van der Waals surface area contributed by atoms with E-state index in [-0.39, 0.29) is 5.82 Å². The Morgan fingerprint density at radius 1 is 1.23 bits per heavy atom. The third kappa shape index (κ3) is 2.97. The van der Waals surface area contributed by atoms with Crippen molar-refractivity contribution in [2.45, 2.75) is 31.2 Å². The molecule has 116 valence electrons. The van der Waals surface area contributed by atoms with Gasteiger partial charge >= 0.3 is 0 Å². The lowest BCUT2D eigenvalue weighted by Crippen LogP contribution is -2.38. The highest BCUT2D eigenvalue weighted by atomic mass is 19.1. The molecule has 1 saturated carbocycles. The van der Waals surface area contributed by atoms with E-state index in [0.717, 1.165) is 29.9 Å². The van der Waals surface area contributed by atoms with Gasteiger partial charge in [0.1, 0.15) is 5.82 Å². The van der Waals surface area contributed by atoms with Crippen LogP contribution in [-0.4, -0.2) is 12.0 Å². The van der Waals surface area contributed by atoms with E-state index in [1.165, 1.54) is 18.9 Å². The molecule has 0 saturated heterocycles. The zero-order valence-corrected chi connectivity index (χ0v) is 12.8. The molecule has 3 nitrogen and oxygen atoms in total. The maximum absolute atomic E-state index is 13.8. The summed E-state index contributed by atoms with van der Waals surface area (Å²) >= 11 is 0. The maximum atomic E-state index is 13.8. The summed E-state index contributed by atoms with van der Waals surface area (Å²) in [6.45, 7) is 0. The first-order chi connectivity index (χ1) is 10.6. The highest BCUT2D eigenvalue weighted by molar-refractivity contribution is 5.50. The number of nitrogens with two attached hydrogens (primary N) is 1. The molecule has 3 rings (SSSR count). The molecule has 0 amide bonds. The molecule has 4 heteroatoms. The van der Waals surface area contributed by atoms with Crippen molar-refractivity contribution in [3.8, 4) is 0 Å². The van der Waals surface area contributed by atoms with E-state index in [1.54, 1.807) is 25.5 Å². The molecule has 0 bridgehead atoms. The van der Waals surface area contributed by atoms with E-state index in [0.29, 0.717) is 5.69 Å². The largest absolute Gasteiger partial charge is 0.386 e. The van der Waals surface area contributed by atoms with E-state index in [4.69, 9.17) is 5.73 Å². The number of anilines is 1. The minimum absolute atomic E-state index is 0.259. The van der Waals surface area contributed by atoms with E-state index < -0.39 is 5.54 Å². The molecule has 0 spiro atoms. The number of pyridine rings is 1. The fourth-order valence-corrected chi connectivity index (χ4v) is 2.94. The van der Waals surface area contributed by atoms with Crippen LogP contribution in [-0.2, 0) is 5.54 Å². The summed E-state index contributed by atoms with van der Waals surface area (Å²) in [5.74, 6) is 0.541. The summed E-state index contributed by atoms with van der Waals surface area (Å²) in [5, 5.41) is 2.89. The number of hydrogen-bond donors (Lipinski definition) is 2. The summed E-state index contributed by atoms with van der Waals surface area (Å²) in [4.78, 5) is 4.08. The molecule has 1 aromatic heterocycles. The molecule has 22 heavy (non-hydrogen) atoms. The zero-order valence-electron chi connectivity index (χ0n) is 12.8. The predicted octanol–water partition coefficient (Wildman–Crippen LogP) is 3.65. The van der Waals surface area contributed by atoms with Gasteiger partial charge in [-0.1, -0.05) is 18.9 Å². The lowest BCUT2D eigenvalue weighted by Gasteiger charge is -2.31. The Bertz CT molecular complexity index is 640. The highest BCUT2D eigenvalue weighted by Gasteiger charge is 2.33. The van der Waals surface area contributed by atoms with Gasteiger partial charge in [0.15, 0.2) is 0 Å². The van der Waals surface area contributed by atoms with E-state index >= 15 is 0 Å². The van der Waals surface area contributed by atoms with Crippen LogP contribution in [0.15, 0.2) is 42.7 Å². The van der Waals surface area contributed by atoms with Gasteiger partial charge in [0, 0.05) is 19.4 Å². The van der Waals surface area contributed by atoms with E-state index in [2.05, 4.69) is 10.3 Å². The Hall–Kier alpha value is -1.94. The monoisotopic (exact) mass is 299 g/mol. The summed E-state index contributed by atoms with van der Waals surface area (Å²) in [5.41, 5.74) is 8.65. The summed E-state index contributed by atoms with van der Waals surface area (Å²) < 4.78 is 13.8. The first-order valence-corrected chi connectivity index (χ1v) is 7.80. The molecule has 2 aromatic rings. The molecule has 1 aliphatic rings. The van der Waals surface area contributed by atoms with Crippen molar-refractivity contribution in [3.05, 3.63) is 59.7 Å². The number of hydrogen-bond acceptors (Lipinski definition) is 3. The van der Waals surface area contributed by atoms with Crippen LogP contribution >= 0.6 is 0 Å². The smallest absolute Gasteiger partial charge is 0.146 e. The molecular formula is C18H22FN3. The van der Waals surface area contributed by atoms with Crippen molar-refractivity contribution in [3.63, 3.8) is 0 Å². The van der Waals surface area contributed by atoms with Crippen LogP contribution in [0.3, 0.4) is 0 Å². The van der Waals surface area contributed by atoms with E-state index in [1.807, 2.05) is 18.2 Å². The molecule has 1 aromatic carbocycles. The molecule has 1 unspecified atom stereocenters. The van der Waals surface area contributed by atoms with Gasteiger partial charge in [-0.3, -0.25) is 4.98 Å². The normalized spacial score (nSPS) is 17.0. The van der Waals surface area contributed by atoms with Gasteiger partial charge < -0.3 is 11.1 Å². The highest BCUT2D eigenvalue weighted by Crippen LogP contribution is 2.40. The quantitative estimate of drug-likeness (QED) is 0.856. The number of nitrogens with zero attached hydrogens (tertiary/aromatic N) is 1. The van der Waals surface area contributed by atoms with Crippen LogP contribution in [0.25, 0.3) is 0 Å². The SMILES string of the molecule is CNc1cc(C(N)(CCC2CC2)c2ccncc2)ccc1F. The second-order valence-electron chi connectivity index (χ2n) is 6.13. The summed E-state index contributed by atoms with van der Waals surface area (Å²) in [6, 6.07) is 9.01.